The Hall–Kier alpha value is -1.58. The van der Waals surface area contributed by atoms with Crippen LogP contribution in [0.4, 0.5) is 4.79 Å². The highest BCUT2D eigenvalue weighted by Crippen LogP contribution is 2.31. The zero-order valence-corrected chi connectivity index (χ0v) is 20.4. The van der Waals surface area contributed by atoms with Crippen molar-refractivity contribution in [1.82, 2.24) is 9.62 Å². The van der Waals surface area contributed by atoms with Gasteiger partial charge in [0.25, 0.3) is 0 Å². The molecule has 2 aromatic rings. The van der Waals surface area contributed by atoms with Crippen LogP contribution in [0.3, 0.4) is 0 Å². The number of hydrogen-bond donors (Lipinski definition) is 2. The van der Waals surface area contributed by atoms with Crippen LogP contribution in [0.5, 0.6) is 0 Å². The zero-order chi connectivity index (χ0) is 22.7. The molecule has 1 unspecified atom stereocenters. The third kappa shape index (κ3) is 6.99. The molecule has 1 aromatic carbocycles. The van der Waals surface area contributed by atoms with E-state index < -0.39 is 27.9 Å². The van der Waals surface area contributed by atoms with E-state index in [9.17, 15) is 9.35 Å². The summed E-state index contributed by atoms with van der Waals surface area (Å²) in [6.07, 6.45) is -0.875. The topological polar surface area (TPSA) is 90.6 Å². The first-order chi connectivity index (χ1) is 13.8. The summed E-state index contributed by atoms with van der Waals surface area (Å²) in [5.41, 5.74) is 8.75. The van der Waals surface area contributed by atoms with Gasteiger partial charge in [-0.1, -0.05) is 24.3 Å². The lowest BCUT2D eigenvalue weighted by atomic mass is 10.0. The maximum Gasteiger partial charge on any atom is 0.410 e. The molecule has 2 rings (SSSR count). The summed E-state index contributed by atoms with van der Waals surface area (Å²) in [4.78, 5) is 14.8. The van der Waals surface area contributed by atoms with Crippen LogP contribution in [-0.2, 0) is 22.6 Å². The Bertz CT molecular complexity index is 856. The third-order valence-electron chi connectivity index (χ3n) is 4.16. The lowest BCUT2D eigenvalue weighted by Crippen LogP contribution is -2.43. The minimum absolute atomic E-state index is 0.362. The fourth-order valence-corrected chi connectivity index (χ4v) is 4.25. The van der Waals surface area contributed by atoms with Gasteiger partial charge in [-0.2, -0.15) is 0 Å². The summed E-state index contributed by atoms with van der Waals surface area (Å²) in [5, 5.41) is 2.03. The zero-order valence-electron chi connectivity index (χ0n) is 18.8. The van der Waals surface area contributed by atoms with Gasteiger partial charge < -0.3 is 19.9 Å². The first-order valence-electron chi connectivity index (χ1n) is 9.82. The lowest BCUT2D eigenvalue weighted by molar-refractivity contribution is 0.0285. The molecular formula is C22H33N3O3S2. The van der Waals surface area contributed by atoms with Gasteiger partial charge in [-0.05, 0) is 69.7 Å². The van der Waals surface area contributed by atoms with Crippen LogP contribution in [0.2, 0.25) is 0 Å². The molecule has 0 spiro atoms. The minimum Gasteiger partial charge on any atom is -0.598 e. The summed E-state index contributed by atoms with van der Waals surface area (Å²) >= 11 is 0.264. The molecule has 1 heterocycles. The van der Waals surface area contributed by atoms with Crippen molar-refractivity contribution < 1.29 is 14.1 Å². The Kier molecular flexibility index (Phi) is 7.98. The van der Waals surface area contributed by atoms with E-state index in [4.69, 9.17) is 10.5 Å². The average molecular weight is 452 g/mol. The molecule has 8 heteroatoms. The Balaban J connectivity index is 2.17. The summed E-state index contributed by atoms with van der Waals surface area (Å²) in [5.74, 6) is 0. The molecule has 166 valence electrons. The third-order valence-corrected chi connectivity index (χ3v) is 6.75. The number of carbonyl (C=O) groups is 1. The highest BCUT2D eigenvalue weighted by Gasteiger charge is 2.29. The predicted octanol–water partition coefficient (Wildman–Crippen LogP) is 4.79. The molecule has 6 nitrogen and oxygen atoms in total. The molecule has 0 bridgehead atoms. The van der Waals surface area contributed by atoms with Crippen LogP contribution >= 0.6 is 11.3 Å². The van der Waals surface area contributed by atoms with Crippen molar-refractivity contribution >= 4 is 28.8 Å². The van der Waals surface area contributed by atoms with Crippen LogP contribution in [0, 0.1) is 0 Å². The number of benzene rings is 1. The molecule has 1 aromatic heterocycles. The first kappa shape index (κ1) is 24.7. The van der Waals surface area contributed by atoms with Crippen molar-refractivity contribution in [2.24, 2.45) is 5.73 Å². The van der Waals surface area contributed by atoms with Gasteiger partial charge >= 0.3 is 6.09 Å². The first-order valence-corrected chi connectivity index (χ1v) is 11.9. The molecule has 0 fully saturated rings. The quantitative estimate of drug-likeness (QED) is 0.487. The highest BCUT2D eigenvalue weighted by molar-refractivity contribution is 7.90. The maximum absolute atomic E-state index is 12.3. The number of nitrogens with one attached hydrogen (secondary N) is 1. The molecule has 0 radical (unpaired) electrons. The van der Waals surface area contributed by atoms with E-state index in [1.165, 1.54) is 11.3 Å². The van der Waals surface area contributed by atoms with Crippen molar-refractivity contribution in [3.8, 4) is 11.1 Å². The van der Waals surface area contributed by atoms with Crippen molar-refractivity contribution in [3.63, 3.8) is 0 Å². The molecule has 0 saturated carbocycles. The standard InChI is InChI=1S/C22H33N3O3S2/c1-21(2,3)28-20(26)25(7)13-15-10-8-9-11-17(15)16-12-18(29-14-16)19(23)24-30(27)22(4,5)6/h8-12,14,19,24H,13,23H2,1-7H3/t19-,30?/m0/s1. The molecule has 2 atom stereocenters. The van der Waals surface area contributed by atoms with Crippen molar-refractivity contribution in [2.75, 3.05) is 7.05 Å². The summed E-state index contributed by atoms with van der Waals surface area (Å²) in [7, 11) is 1.73. The normalized spacial score (nSPS) is 14.3. The lowest BCUT2D eigenvalue weighted by Gasteiger charge is -2.26. The molecule has 0 aliphatic rings. The van der Waals surface area contributed by atoms with E-state index >= 15 is 0 Å². The number of amides is 1. The van der Waals surface area contributed by atoms with Gasteiger partial charge in [0, 0.05) is 29.8 Å². The number of hydrogen-bond acceptors (Lipinski definition) is 6. The Morgan fingerprint density at radius 2 is 1.90 bits per heavy atom. The van der Waals surface area contributed by atoms with Gasteiger partial charge in [0.15, 0.2) is 0 Å². The summed E-state index contributed by atoms with van der Waals surface area (Å²) in [6, 6.07) is 9.95. The van der Waals surface area contributed by atoms with Gasteiger partial charge in [0.2, 0.25) is 0 Å². The predicted molar refractivity (Wildman–Crippen MR) is 125 cm³/mol. The largest absolute Gasteiger partial charge is 0.598 e. The van der Waals surface area contributed by atoms with Crippen LogP contribution in [-0.4, -0.2) is 32.9 Å². The van der Waals surface area contributed by atoms with Crippen molar-refractivity contribution in [2.45, 2.75) is 64.6 Å². The fraction of sp³-hybridized carbons (Fsp3) is 0.500. The monoisotopic (exact) mass is 451 g/mol. The molecule has 0 aliphatic heterocycles. The van der Waals surface area contributed by atoms with Crippen molar-refractivity contribution in [3.05, 3.63) is 46.2 Å². The minimum atomic E-state index is -1.26. The molecule has 0 aliphatic carbocycles. The van der Waals surface area contributed by atoms with E-state index in [0.717, 1.165) is 21.6 Å². The second-order valence-corrected chi connectivity index (χ2v) is 12.1. The fourth-order valence-electron chi connectivity index (χ4n) is 2.61. The number of ether oxygens (including phenoxy) is 1. The number of nitrogens with two attached hydrogens (primary N) is 1. The Morgan fingerprint density at radius 1 is 1.27 bits per heavy atom. The number of carbonyl (C=O) groups excluding carboxylic acids is 1. The van der Waals surface area contributed by atoms with E-state index in [2.05, 4.69) is 4.72 Å². The SMILES string of the molecule is CN(Cc1ccccc1-c1csc([C@@H](N)N[S+]([O-])C(C)(C)C)c1)C(=O)OC(C)(C)C. The van der Waals surface area contributed by atoms with Crippen LogP contribution < -0.4 is 10.5 Å². The Morgan fingerprint density at radius 3 is 2.50 bits per heavy atom. The second-order valence-electron chi connectivity index (χ2n) is 9.21. The van der Waals surface area contributed by atoms with E-state index in [1.54, 1.807) is 11.9 Å². The van der Waals surface area contributed by atoms with E-state index in [-0.39, 0.29) is 6.09 Å². The van der Waals surface area contributed by atoms with Crippen LogP contribution in [0.25, 0.3) is 11.1 Å². The van der Waals surface area contributed by atoms with Gasteiger partial charge in [0.05, 0.1) is 0 Å². The van der Waals surface area contributed by atoms with E-state index in [0.29, 0.717) is 6.54 Å². The smallest absolute Gasteiger partial charge is 0.410 e. The second kappa shape index (κ2) is 9.70. The van der Waals surface area contributed by atoms with Gasteiger partial charge in [-0.15, -0.1) is 16.1 Å². The molecule has 0 saturated heterocycles. The Labute approximate surface area is 187 Å². The molecular weight excluding hydrogens is 418 g/mol. The van der Waals surface area contributed by atoms with Gasteiger partial charge in [-0.3, -0.25) is 0 Å². The average Bonchev–Trinajstić information content (AvgIpc) is 3.09. The summed E-state index contributed by atoms with van der Waals surface area (Å²) < 4.78 is 20.4. The van der Waals surface area contributed by atoms with Crippen LogP contribution in [0.1, 0.15) is 58.1 Å². The van der Waals surface area contributed by atoms with Gasteiger partial charge in [0.1, 0.15) is 16.5 Å². The highest BCUT2D eigenvalue weighted by atomic mass is 32.2. The van der Waals surface area contributed by atoms with Crippen molar-refractivity contribution in [1.29, 1.82) is 0 Å². The van der Waals surface area contributed by atoms with E-state index in [1.807, 2.05) is 77.3 Å². The van der Waals surface area contributed by atoms with Gasteiger partial charge in [-0.25, -0.2) is 4.79 Å². The number of nitrogens with zero attached hydrogens (tertiary/aromatic N) is 1. The number of thiophene rings is 1. The number of rotatable bonds is 6. The van der Waals surface area contributed by atoms with Crippen LogP contribution in [0.15, 0.2) is 35.7 Å². The maximum atomic E-state index is 12.3. The summed E-state index contributed by atoms with van der Waals surface area (Å²) in [6.45, 7) is 11.7. The molecule has 1 amide bonds. The molecule has 30 heavy (non-hydrogen) atoms. The molecule has 3 N–H and O–H groups in total.